The maximum absolute atomic E-state index is 11.7. The van der Waals surface area contributed by atoms with E-state index in [1.807, 2.05) is 0 Å². The van der Waals surface area contributed by atoms with Crippen LogP contribution in [0.2, 0.25) is 0 Å². The van der Waals surface area contributed by atoms with Gasteiger partial charge >= 0.3 is 0 Å². The predicted molar refractivity (Wildman–Crippen MR) is 61.5 cm³/mol. The van der Waals surface area contributed by atoms with Gasteiger partial charge in [0.2, 0.25) is 5.41 Å². The molecule has 0 amide bonds. The highest BCUT2D eigenvalue weighted by atomic mass is 16.5. The number of carbonyl (C=O) groups excluding carboxylic acids is 1. The van der Waals surface area contributed by atoms with E-state index in [1.165, 1.54) is 14.0 Å². The quantitative estimate of drug-likeness (QED) is 0.728. The monoisotopic (exact) mass is 256 g/mol. The highest BCUT2D eigenvalue weighted by Crippen LogP contribution is 2.54. The van der Waals surface area contributed by atoms with E-state index in [0.717, 1.165) is 0 Å². The van der Waals surface area contributed by atoms with Crippen molar-refractivity contribution < 1.29 is 9.53 Å². The van der Waals surface area contributed by atoms with Gasteiger partial charge in [0.15, 0.2) is 5.41 Å². The number of nitriles is 4. The van der Waals surface area contributed by atoms with Crippen molar-refractivity contribution in [3.05, 3.63) is 0 Å². The van der Waals surface area contributed by atoms with E-state index in [-0.39, 0.29) is 18.6 Å². The molecule has 0 aliphatic heterocycles. The van der Waals surface area contributed by atoms with Crippen molar-refractivity contribution in [2.24, 2.45) is 16.7 Å². The van der Waals surface area contributed by atoms with Gasteiger partial charge in [0.05, 0.1) is 36.3 Å². The summed E-state index contributed by atoms with van der Waals surface area (Å²) in [5.41, 5.74) is -3.96. The van der Waals surface area contributed by atoms with Crippen LogP contribution >= 0.6 is 0 Å². The number of hydrogen-bond donors (Lipinski definition) is 0. The zero-order chi connectivity index (χ0) is 14.7. The average molecular weight is 256 g/mol. The second-order valence-corrected chi connectivity index (χ2v) is 4.53. The minimum atomic E-state index is -2.00. The molecular weight excluding hydrogens is 244 g/mol. The van der Waals surface area contributed by atoms with Gasteiger partial charge in [-0.15, -0.1) is 0 Å². The van der Waals surface area contributed by atoms with Crippen molar-refractivity contribution in [2.45, 2.75) is 25.9 Å². The molecule has 1 saturated carbocycles. The summed E-state index contributed by atoms with van der Waals surface area (Å²) in [5, 5.41) is 37.5. The fourth-order valence-corrected chi connectivity index (χ4v) is 2.79. The first kappa shape index (κ1) is 14.7. The Labute approximate surface area is 111 Å². The first-order chi connectivity index (χ1) is 8.99. The number of Topliss-reactive ketones (excluding diaryl/α,β-unsaturated/α-hetero) is 1. The Morgan fingerprint density at radius 3 is 1.84 bits per heavy atom. The Morgan fingerprint density at radius 1 is 1.05 bits per heavy atom. The summed E-state index contributed by atoms with van der Waals surface area (Å²) < 4.78 is 5.12. The Kier molecular flexibility index (Phi) is 3.91. The number of nitrogens with zero attached hydrogens (tertiary/aromatic N) is 4. The molecule has 0 saturated heterocycles. The lowest BCUT2D eigenvalue weighted by Crippen LogP contribution is -2.56. The minimum Gasteiger partial charge on any atom is -0.379 e. The Hall–Kier alpha value is -2.41. The number of hydrogen-bond acceptors (Lipinski definition) is 6. The summed E-state index contributed by atoms with van der Waals surface area (Å²) in [6.07, 6.45) is -0.329. The van der Waals surface area contributed by atoms with Crippen molar-refractivity contribution in [1.29, 1.82) is 21.0 Å². The van der Waals surface area contributed by atoms with Gasteiger partial charge in [-0.05, 0) is 19.8 Å². The van der Waals surface area contributed by atoms with Crippen LogP contribution in [0.4, 0.5) is 0 Å². The van der Waals surface area contributed by atoms with Gasteiger partial charge in [0, 0.05) is 7.11 Å². The summed E-state index contributed by atoms with van der Waals surface area (Å²) in [7, 11) is 1.32. The zero-order valence-electron chi connectivity index (χ0n) is 10.7. The second-order valence-electron chi connectivity index (χ2n) is 4.53. The first-order valence-corrected chi connectivity index (χ1v) is 5.68. The third kappa shape index (κ3) is 1.66. The maximum atomic E-state index is 11.7. The lowest BCUT2D eigenvalue weighted by Gasteiger charge is -2.44. The molecule has 0 bridgehead atoms. The van der Waals surface area contributed by atoms with Crippen molar-refractivity contribution in [2.75, 3.05) is 7.11 Å². The summed E-state index contributed by atoms with van der Waals surface area (Å²) >= 11 is 0. The number of rotatable bonds is 2. The average Bonchev–Trinajstić information content (AvgIpc) is 2.44. The number of ether oxygens (including phenoxy) is 1. The van der Waals surface area contributed by atoms with Crippen molar-refractivity contribution in [3.8, 4) is 24.3 Å². The standard InChI is InChI=1S/C13H12N4O2/c1-9(18)10-3-4-11(19-2)13(7-16,8-17)12(10,5-14)6-15/h10-11H,3-4H2,1-2H3/t10-,11+/m0/s1. The summed E-state index contributed by atoms with van der Waals surface area (Å²) in [4.78, 5) is 11.7. The van der Waals surface area contributed by atoms with Crippen molar-refractivity contribution >= 4 is 5.78 Å². The summed E-state index contributed by atoms with van der Waals surface area (Å²) in [6.45, 7) is 1.26. The molecule has 0 aromatic heterocycles. The Bertz CT molecular complexity index is 527. The molecule has 2 atom stereocenters. The van der Waals surface area contributed by atoms with E-state index >= 15 is 0 Å². The molecule has 96 valence electrons. The van der Waals surface area contributed by atoms with Crippen LogP contribution in [-0.4, -0.2) is 19.0 Å². The molecule has 0 radical (unpaired) electrons. The topological polar surface area (TPSA) is 121 Å². The van der Waals surface area contributed by atoms with Crippen LogP contribution in [0.15, 0.2) is 0 Å². The van der Waals surface area contributed by atoms with Crippen LogP contribution in [0.3, 0.4) is 0 Å². The van der Waals surface area contributed by atoms with Gasteiger partial charge in [-0.1, -0.05) is 0 Å². The van der Waals surface area contributed by atoms with E-state index < -0.39 is 22.9 Å². The molecule has 0 heterocycles. The molecule has 19 heavy (non-hydrogen) atoms. The molecule has 1 rings (SSSR count). The number of carbonyl (C=O) groups is 1. The van der Waals surface area contributed by atoms with Gasteiger partial charge in [-0.2, -0.15) is 21.0 Å². The maximum Gasteiger partial charge on any atom is 0.201 e. The Balaban J connectivity index is 3.64. The van der Waals surface area contributed by atoms with Crippen LogP contribution in [0, 0.1) is 62.1 Å². The molecule has 1 aliphatic rings. The number of methoxy groups -OCH3 is 1. The van der Waals surface area contributed by atoms with E-state index in [2.05, 4.69) is 0 Å². The van der Waals surface area contributed by atoms with Crippen molar-refractivity contribution in [1.82, 2.24) is 0 Å². The summed E-state index contributed by atoms with van der Waals surface area (Å²) in [6, 6.07) is 7.02. The van der Waals surface area contributed by atoms with E-state index in [0.29, 0.717) is 0 Å². The van der Waals surface area contributed by atoms with Crippen LogP contribution < -0.4 is 0 Å². The highest BCUT2D eigenvalue weighted by molar-refractivity contribution is 5.81. The van der Waals surface area contributed by atoms with Gasteiger partial charge in [0.25, 0.3) is 0 Å². The van der Waals surface area contributed by atoms with E-state index in [1.54, 1.807) is 24.3 Å². The normalized spacial score (nSPS) is 27.1. The molecular formula is C13H12N4O2. The minimum absolute atomic E-state index is 0.250. The lowest BCUT2D eigenvalue weighted by molar-refractivity contribution is -0.130. The molecule has 0 N–H and O–H groups in total. The van der Waals surface area contributed by atoms with E-state index in [9.17, 15) is 25.8 Å². The molecule has 1 aliphatic carbocycles. The summed E-state index contributed by atoms with van der Waals surface area (Å²) in [5.74, 6) is -1.32. The molecule has 0 aromatic carbocycles. The number of ketones is 1. The largest absolute Gasteiger partial charge is 0.379 e. The molecule has 1 fully saturated rings. The highest BCUT2D eigenvalue weighted by Gasteiger charge is 2.66. The lowest BCUT2D eigenvalue weighted by atomic mass is 9.51. The predicted octanol–water partition coefficient (Wildman–Crippen LogP) is 1.07. The second kappa shape index (κ2) is 5.07. The van der Waals surface area contributed by atoms with Crippen LogP contribution in [0.1, 0.15) is 19.8 Å². The fraction of sp³-hybridized carbons (Fsp3) is 0.615. The van der Waals surface area contributed by atoms with Gasteiger partial charge in [0.1, 0.15) is 5.78 Å². The van der Waals surface area contributed by atoms with Crippen LogP contribution in [-0.2, 0) is 9.53 Å². The SMILES string of the molecule is CO[C@@H]1CC[C@@H](C(C)=O)C(C#N)(C#N)C1(C#N)C#N. The van der Waals surface area contributed by atoms with Gasteiger partial charge < -0.3 is 4.74 Å². The third-order valence-corrected chi connectivity index (χ3v) is 3.83. The van der Waals surface area contributed by atoms with Gasteiger partial charge in [-0.25, -0.2) is 0 Å². The van der Waals surface area contributed by atoms with Crippen molar-refractivity contribution in [3.63, 3.8) is 0 Å². The first-order valence-electron chi connectivity index (χ1n) is 5.68. The van der Waals surface area contributed by atoms with E-state index in [4.69, 9.17) is 4.74 Å². The molecule has 0 spiro atoms. The van der Waals surface area contributed by atoms with Gasteiger partial charge in [-0.3, -0.25) is 4.79 Å². The third-order valence-electron chi connectivity index (χ3n) is 3.83. The Morgan fingerprint density at radius 2 is 1.53 bits per heavy atom. The zero-order valence-corrected chi connectivity index (χ0v) is 10.7. The molecule has 6 nitrogen and oxygen atoms in total. The molecule has 6 heteroatoms. The smallest absolute Gasteiger partial charge is 0.201 e. The van der Waals surface area contributed by atoms with Crippen LogP contribution in [0.25, 0.3) is 0 Å². The molecule has 0 aromatic rings. The van der Waals surface area contributed by atoms with Crippen LogP contribution in [0.5, 0.6) is 0 Å². The molecule has 0 unspecified atom stereocenters. The fourth-order valence-electron chi connectivity index (χ4n) is 2.79.